The summed E-state index contributed by atoms with van der Waals surface area (Å²) in [5, 5.41) is 4.64. The first-order chi connectivity index (χ1) is 17.9. The summed E-state index contributed by atoms with van der Waals surface area (Å²) in [6.07, 6.45) is 11.0. The predicted molar refractivity (Wildman–Crippen MR) is 171 cm³/mol. The molecule has 5 nitrogen and oxygen atoms in total. The number of fused-ring (bicyclic) bond motifs is 5. The third-order valence-corrected chi connectivity index (χ3v) is 13.9. The Kier molecular flexibility index (Phi) is 9.21. The van der Waals surface area contributed by atoms with Crippen LogP contribution in [0, 0.1) is 40.4 Å². The van der Waals surface area contributed by atoms with Crippen molar-refractivity contribution in [2.75, 3.05) is 13.7 Å². The van der Waals surface area contributed by atoms with Crippen LogP contribution >= 0.6 is 0 Å². The fraction of sp³-hybridized carbons (Fsp3) is 0.968. The van der Waals surface area contributed by atoms with Crippen molar-refractivity contribution in [2.24, 2.45) is 45.6 Å². The molecule has 9 atom stereocenters. The molecule has 0 saturated heterocycles. The summed E-state index contributed by atoms with van der Waals surface area (Å²) in [5.41, 5.74) is 1.68. The zero-order valence-corrected chi connectivity index (χ0v) is 30.5. The van der Waals surface area contributed by atoms with Crippen molar-refractivity contribution in [1.29, 1.82) is 0 Å². The van der Waals surface area contributed by atoms with E-state index in [9.17, 15) is 0 Å². The average Bonchev–Trinajstić information content (AvgIpc) is 3.10. The van der Waals surface area contributed by atoms with Crippen LogP contribution in [0.1, 0.15) is 65.2 Å². The van der Waals surface area contributed by atoms with Gasteiger partial charge in [-0.15, -0.1) is 0 Å². The fourth-order valence-corrected chi connectivity index (χ4v) is 12.6. The molecular weight excluding hydrogens is 535 g/mol. The molecule has 0 radical (unpaired) electrons. The normalized spacial score (nSPS) is 41.5. The van der Waals surface area contributed by atoms with E-state index in [1.54, 1.807) is 7.11 Å². The van der Waals surface area contributed by atoms with E-state index in [0.717, 1.165) is 29.9 Å². The van der Waals surface area contributed by atoms with Crippen LogP contribution in [0.5, 0.6) is 0 Å². The zero-order chi connectivity index (χ0) is 29.0. The van der Waals surface area contributed by atoms with Crippen molar-refractivity contribution in [3.63, 3.8) is 0 Å². The van der Waals surface area contributed by atoms with Gasteiger partial charge in [0.2, 0.25) is 0 Å². The van der Waals surface area contributed by atoms with E-state index < -0.39 is 25.0 Å². The van der Waals surface area contributed by atoms with Gasteiger partial charge in [0.05, 0.1) is 12.3 Å². The van der Waals surface area contributed by atoms with Gasteiger partial charge in [0.25, 0.3) is 0 Å². The summed E-state index contributed by atoms with van der Waals surface area (Å²) < 4.78 is 20.4. The lowest BCUT2D eigenvalue weighted by Gasteiger charge is -2.64. The Morgan fingerprint density at radius 2 is 1.46 bits per heavy atom. The lowest BCUT2D eigenvalue weighted by molar-refractivity contribution is -0.168. The maximum absolute atomic E-state index is 7.26. The Morgan fingerprint density at radius 1 is 0.795 bits per heavy atom. The van der Waals surface area contributed by atoms with E-state index in [1.807, 2.05) is 0 Å². The molecule has 0 aromatic rings. The van der Waals surface area contributed by atoms with Gasteiger partial charge in [0.15, 0.2) is 25.0 Å². The lowest BCUT2D eigenvalue weighted by atomic mass is 9.44. The minimum Gasteiger partial charge on any atom is -0.415 e. The highest BCUT2D eigenvalue weighted by Crippen LogP contribution is 2.68. The molecule has 4 rings (SSSR count). The van der Waals surface area contributed by atoms with Gasteiger partial charge in [-0.1, -0.05) is 19.0 Å². The molecule has 0 N–H and O–H groups in total. The third kappa shape index (κ3) is 6.98. The van der Waals surface area contributed by atoms with Crippen molar-refractivity contribution in [3.8, 4) is 0 Å². The maximum atomic E-state index is 7.26. The molecule has 0 aromatic carbocycles. The van der Waals surface area contributed by atoms with Gasteiger partial charge in [-0.3, -0.25) is 0 Å². The van der Waals surface area contributed by atoms with Crippen LogP contribution in [0.4, 0.5) is 0 Å². The summed E-state index contributed by atoms with van der Waals surface area (Å²) in [7, 11) is -3.21. The summed E-state index contributed by atoms with van der Waals surface area (Å²) >= 11 is 0. The van der Waals surface area contributed by atoms with Gasteiger partial charge in [0.1, 0.15) is 7.11 Å². The first kappa shape index (κ1) is 31.9. The molecule has 226 valence electrons. The second-order valence-electron chi connectivity index (χ2n) is 17.0. The number of hydrogen-bond donors (Lipinski definition) is 0. The van der Waals surface area contributed by atoms with E-state index in [-0.39, 0.29) is 5.41 Å². The van der Waals surface area contributed by atoms with E-state index in [0.29, 0.717) is 36.1 Å². The molecule has 0 aliphatic heterocycles. The minimum atomic E-state index is -1.73. The van der Waals surface area contributed by atoms with Crippen LogP contribution in [-0.2, 0) is 18.1 Å². The number of hydrogen-bond acceptors (Lipinski definition) is 5. The molecule has 0 bridgehead atoms. The van der Waals surface area contributed by atoms with Gasteiger partial charge in [-0.25, -0.2) is 0 Å². The van der Waals surface area contributed by atoms with Gasteiger partial charge in [-0.05, 0) is 145 Å². The molecule has 0 amide bonds. The van der Waals surface area contributed by atoms with Gasteiger partial charge in [0, 0.05) is 18.1 Å². The molecule has 4 fully saturated rings. The first-order valence-electron chi connectivity index (χ1n) is 16.0. The summed E-state index contributed by atoms with van der Waals surface area (Å²) in [6, 6.07) is 0. The largest absolute Gasteiger partial charge is 0.415 e. The summed E-state index contributed by atoms with van der Waals surface area (Å²) in [4.78, 5) is 5.44. The van der Waals surface area contributed by atoms with Crippen LogP contribution in [-0.4, -0.2) is 56.6 Å². The van der Waals surface area contributed by atoms with E-state index in [2.05, 4.69) is 77.9 Å². The highest BCUT2D eigenvalue weighted by Gasteiger charge is 2.64. The van der Waals surface area contributed by atoms with Gasteiger partial charge in [-0.2, -0.15) is 0 Å². The molecule has 39 heavy (non-hydrogen) atoms. The van der Waals surface area contributed by atoms with Gasteiger partial charge < -0.3 is 18.1 Å². The fourth-order valence-electron chi connectivity index (χ4n) is 9.62. The molecule has 4 saturated carbocycles. The van der Waals surface area contributed by atoms with Crippen molar-refractivity contribution in [2.45, 2.75) is 136 Å². The molecule has 0 heterocycles. The van der Waals surface area contributed by atoms with Crippen LogP contribution < -0.4 is 0 Å². The highest BCUT2D eigenvalue weighted by molar-refractivity contribution is 6.70. The van der Waals surface area contributed by atoms with Gasteiger partial charge >= 0.3 is 0 Å². The predicted octanol–water partition coefficient (Wildman–Crippen LogP) is 8.55. The maximum Gasteiger partial charge on any atom is 0.184 e. The topological polar surface area (TPSA) is 49.3 Å². The van der Waals surface area contributed by atoms with Crippen molar-refractivity contribution < 1.29 is 18.1 Å². The average molecular weight is 596 g/mol. The van der Waals surface area contributed by atoms with Crippen molar-refractivity contribution in [3.05, 3.63) is 0 Å². The Morgan fingerprint density at radius 3 is 2.05 bits per heavy atom. The highest BCUT2D eigenvalue weighted by atomic mass is 28.4. The Balaban J connectivity index is 1.64. The van der Waals surface area contributed by atoms with E-state index in [4.69, 9.17) is 18.1 Å². The first-order valence-corrected chi connectivity index (χ1v) is 26.2. The lowest BCUT2D eigenvalue weighted by Crippen LogP contribution is -2.61. The number of nitrogens with zero attached hydrogens (tertiary/aromatic N) is 1. The number of oxime groups is 1. The molecule has 4 aliphatic carbocycles. The Bertz CT molecular complexity index is 894. The Labute approximate surface area is 243 Å². The molecule has 0 unspecified atom stereocenters. The van der Waals surface area contributed by atoms with Crippen LogP contribution in [0.15, 0.2) is 5.16 Å². The number of rotatable bonds is 9. The molecule has 4 aliphatic rings. The summed E-state index contributed by atoms with van der Waals surface area (Å²) in [5.74, 6) is 3.32. The molecule has 0 aromatic heterocycles. The smallest absolute Gasteiger partial charge is 0.184 e. The van der Waals surface area contributed by atoms with E-state index in [1.165, 1.54) is 44.9 Å². The van der Waals surface area contributed by atoms with E-state index >= 15 is 0 Å². The third-order valence-electron chi connectivity index (χ3n) is 10.8. The molecule has 8 heteroatoms. The molecular formula is C31H61NO4Si3. The van der Waals surface area contributed by atoms with Crippen molar-refractivity contribution >= 4 is 30.7 Å². The zero-order valence-electron chi connectivity index (χ0n) is 27.5. The Hall–Kier alpha value is 0.000649. The minimum absolute atomic E-state index is 0.187. The second-order valence-corrected chi connectivity index (χ2v) is 30.4. The quantitative estimate of drug-likeness (QED) is 0.152. The monoisotopic (exact) mass is 595 g/mol. The summed E-state index contributed by atoms with van der Waals surface area (Å²) in [6.45, 7) is 26.9. The van der Waals surface area contributed by atoms with Crippen LogP contribution in [0.2, 0.25) is 58.9 Å². The SMILES string of the molecule is CO/N=C(/CO[Si](C)(C)C)[C@H]1CC[C@H]2[C@@H]3CC[C@H]4C[C@H](O[Si](C)(C)C)CC[C@]4(C)[C@H]3[C@@H](O[Si](C)(C)C)C[C@]12C. The van der Waals surface area contributed by atoms with Crippen molar-refractivity contribution in [1.82, 2.24) is 0 Å². The second kappa shape index (κ2) is 11.3. The van der Waals surface area contributed by atoms with Crippen LogP contribution in [0.25, 0.3) is 0 Å². The standard InChI is InChI=1S/C31H61NO4Si3/c1-30-18-17-23(35-38(7,8)9)19-22(30)13-14-24-25-15-16-26(27(32-33-3)21-34-37(4,5)6)31(25,2)20-28(29(24)30)36-39(10,11)12/h22-26,28-29H,13-21H2,1-12H3/b32-27-/t22-,23+,24-,25-,26+,28-,29+,30-,31-/m0/s1. The molecule has 0 spiro atoms. The van der Waals surface area contributed by atoms with Crippen LogP contribution in [0.3, 0.4) is 0 Å².